The minimum Gasteiger partial charge on any atom is -0.496 e. The number of methoxy groups -OCH3 is 1. The number of hydrogen-bond acceptors (Lipinski definition) is 6. The van der Waals surface area contributed by atoms with Crippen LogP contribution in [-0.4, -0.2) is 53.7 Å². The van der Waals surface area contributed by atoms with Gasteiger partial charge in [0.1, 0.15) is 23.9 Å². The summed E-state index contributed by atoms with van der Waals surface area (Å²) in [5.41, 5.74) is 1.78. The molecule has 1 N–H and O–H groups in total. The highest BCUT2D eigenvalue weighted by atomic mass is 16.5. The van der Waals surface area contributed by atoms with Crippen molar-refractivity contribution in [3.63, 3.8) is 0 Å². The third kappa shape index (κ3) is 2.93. The molecular weight excluding hydrogens is 336 g/mol. The van der Waals surface area contributed by atoms with E-state index < -0.39 is 12.0 Å². The molecule has 0 radical (unpaired) electrons. The molecular formula is C17H18N6O3. The third-order valence-corrected chi connectivity index (χ3v) is 4.54. The van der Waals surface area contributed by atoms with Crippen molar-refractivity contribution in [2.75, 3.05) is 7.11 Å². The molecule has 1 aromatic carbocycles. The molecule has 134 valence electrons. The molecule has 9 heteroatoms. The Bertz CT molecular complexity index is 920. The van der Waals surface area contributed by atoms with Crippen molar-refractivity contribution in [3.05, 3.63) is 54.4 Å². The lowest BCUT2D eigenvalue weighted by atomic mass is 10.1. The molecule has 0 amide bonds. The Morgan fingerprint density at radius 3 is 3.04 bits per heavy atom. The number of ether oxygens (including phenoxy) is 1. The van der Waals surface area contributed by atoms with E-state index in [0.717, 1.165) is 17.1 Å². The van der Waals surface area contributed by atoms with Crippen molar-refractivity contribution in [1.29, 1.82) is 0 Å². The van der Waals surface area contributed by atoms with Crippen molar-refractivity contribution in [2.45, 2.75) is 25.7 Å². The van der Waals surface area contributed by atoms with E-state index in [4.69, 9.17) is 4.74 Å². The number of aliphatic carboxylic acids is 1. The minimum atomic E-state index is -0.869. The lowest BCUT2D eigenvalue weighted by molar-refractivity contribution is -0.145. The first-order chi connectivity index (χ1) is 12.7. The fourth-order valence-corrected chi connectivity index (χ4v) is 3.22. The van der Waals surface area contributed by atoms with Crippen molar-refractivity contribution in [3.8, 4) is 11.4 Å². The van der Waals surface area contributed by atoms with Crippen LogP contribution in [0.15, 0.2) is 43.0 Å². The first-order valence-corrected chi connectivity index (χ1v) is 8.16. The maximum Gasteiger partial charge on any atom is 0.322 e. The van der Waals surface area contributed by atoms with E-state index in [2.05, 4.69) is 15.3 Å². The summed E-state index contributed by atoms with van der Waals surface area (Å²) in [6.07, 6.45) is 5.14. The lowest BCUT2D eigenvalue weighted by Crippen LogP contribution is -2.47. The fourth-order valence-electron chi connectivity index (χ4n) is 3.22. The SMILES string of the molecule is COc1ccc(-n2cccn2)cc1CN1Cc2nncn2CC1C(=O)O. The summed E-state index contributed by atoms with van der Waals surface area (Å²) in [4.78, 5) is 13.6. The Labute approximate surface area is 149 Å². The quantitative estimate of drug-likeness (QED) is 0.728. The van der Waals surface area contributed by atoms with Gasteiger partial charge in [0.25, 0.3) is 0 Å². The Morgan fingerprint density at radius 1 is 1.42 bits per heavy atom. The second-order valence-corrected chi connectivity index (χ2v) is 6.11. The van der Waals surface area contributed by atoms with E-state index in [-0.39, 0.29) is 0 Å². The van der Waals surface area contributed by atoms with Crippen LogP contribution in [-0.2, 0) is 24.4 Å². The molecule has 0 spiro atoms. The summed E-state index contributed by atoms with van der Waals surface area (Å²) in [5, 5.41) is 21.8. The van der Waals surface area contributed by atoms with Gasteiger partial charge in [0, 0.05) is 24.5 Å². The molecule has 3 heterocycles. The highest BCUT2D eigenvalue weighted by Crippen LogP contribution is 2.26. The van der Waals surface area contributed by atoms with Crippen LogP contribution in [0.2, 0.25) is 0 Å². The Hall–Kier alpha value is -3.20. The number of nitrogens with zero attached hydrogens (tertiary/aromatic N) is 6. The molecule has 1 aliphatic heterocycles. The third-order valence-electron chi connectivity index (χ3n) is 4.54. The fraction of sp³-hybridized carbons (Fsp3) is 0.294. The first-order valence-electron chi connectivity index (χ1n) is 8.16. The number of benzene rings is 1. The summed E-state index contributed by atoms with van der Waals surface area (Å²) >= 11 is 0. The number of aromatic nitrogens is 5. The molecule has 9 nitrogen and oxygen atoms in total. The average Bonchev–Trinajstić information content (AvgIpc) is 3.32. The van der Waals surface area contributed by atoms with Gasteiger partial charge < -0.3 is 14.4 Å². The van der Waals surface area contributed by atoms with E-state index in [1.165, 1.54) is 0 Å². The van der Waals surface area contributed by atoms with Crippen LogP contribution in [0.3, 0.4) is 0 Å². The number of carbonyl (C=O) groups is 1. The van der Waals surface area contributed by atoms with Gasteiger partial charge in [0.2, 0.25) is 0 Å². The predicted molar refractivity (Wildman–Crippen MR) is 90.8 cm³/mol. The van der Waals surface area contributed by atoms with Crippen molar-refractivity contribution in [2.24, 2.45) is 0 Å². The zero-order valence-electron chi connectivity index (χ0n) is 14.2. The van der Waals surface area contributed by atoms with E-state index in [9.17, 15) is 9.90 Å². The number of carboxylic acids is 1. The molecule has 1 atom stereocenters. The monoisotopic (exact) mass is 354 g/mol. The van der Waals surface area contributed by atoms with Gasteiger partial charge in [-0.1, -0.05) is 0 Å². The molecule has 0 bridgehead atoms. The zero-order valence-corrected chi connectivity index (χ0v) is 14.2. The van der Waals surface area contributed by atoms with Crippen LogP contribution in [0.5, 0.6) is 5.75 Å². The first kappa shape index (κ1) is 16.3. The second-order valence-electron chi connectivity index (χ2n) is 6.11. The number of hydrogen-bond donors (Lipinski definition) is 1. The molecule has 26 heavy (non-hydrogen) atoms. The Kier molecular flexibility index (Phi) is 4.13. The molecule has 1 aliphatic rings. The van der Waals surface area contributed by atoms with Crippen LogP contribution in [0.1, 0.15) is 11.4 Å². The summed E-state index contributed by atoms with van der Waals surface area (Å²) < 4.78 is 9.01. The summed E-state index contributed by atoms with van der Waals surface area (Å²) in [6.45, 7) is 1.15. The van der Waals surface area contributed by atoms with Crippen molar-refractivity contribution >= 4 is 5.97 Å². The van der Waals surface area contributed by atoms with Gasteiger partial charge in [-0.15, -0.1) is 10.2 Å². The molecule has 2 aromatic heterocycles. The normalized spacial score (nSPS) is 17.0. The van der Waals surface area contributed by atoms with Crippen molar-refractivity contribution in [1.82, 2.24) is 29.4 Å². The van der Waals surface area contributed by atoms with Crippen LogP contribution < -0.4 is 4.74 Å². The highest BCUT2D eigenvalue weighted by Gasteiger charge is 2.32. The predicted octanol–water partition coefficient (Wildman–Crippen LogP) is 0.941. The standard InChI is InChI=1S/C17H18N6O3/c1-26-15-4-3-13(23-6-2-5-19-23)7-12(15)8-21-10-16-20-18-11-22(16)9-14(21)17(24)25/h2-7,11,14H,8-10H2,1H3,(H,24,25). The smallest absolute Gasteiger partial charge is 0.322 e. The van der Waals surface area contributed by atoms with Crippen molar-refractivity contribution < 1.29 is 14.6 Å². The molecule has 1 unspecified atom stereocenters. The van der Waals surface area contributed by atoms with Gasteiger partial charge in [-0.25, -0.2) is 4.68 Å². The van der Waals surface area contributed by atoms with E-state index >= 15 is 0 Å². The molecule has 0 fully saturated rings. The number of fused-ring (bicyclic) bond motifs is 1. The van der Waals surface area contributed by atoms with Crippen LogP contribution in [0.25, 0.3) is 5.69 Å². The lowest BCUT2D eigenvalue weighted by Gasteiger charge is -2.33. The minimum absolute atomic E-state index is 0.318. The Balaban J connectivity index is 1.67. The Morgan fingerprint density at radius 2 is 2.31 bits per heavy atom. The van der Waals surface area contributed by atoms with Gasteiger partial charge >= 0.3 is 5.97 Å². The summed E-state index contributed by atoms with van der Waals surface area (Å²) in [6, 6.07) is 6.94. The molecule has 3 aromatic rings. The van der Waals surface area contributed by atoms with E-state index in [1.807, 2.05) is 35.4 Å². The number of carboxylic acid groups (broad SMARTS) is 1. The average molecular weight is 354 g/mol. The second kappa shape index (κ2) is 6.60. The summed E-state index contributed by atoms with van der Waals surface area (Å²) in [7, 11) is 1.61. The molecule has 4 rings (SSSR count). The highest BCUT2D eigenvalue weighted by molar-refractivity contribution is 5.73. The maximum atomic E-state index is 11.8. The van der Waals surface area contributed by atoms with Crippen LogP contribution in [0, 0.1) is 0 Å². The summed E-state index contributed by atoms with van der Waals surface area (Å²) in [5.74, 6) is 0.591. The van der Waals surface area contributed by atoms with E-state index in [0.29, 0.717) is 25.4 Å². The zero-order chi connectivity index (χ0) is 18.1. The maximum absolute atomic E-state index is 11.8. The van der Waals surface area contributed by atoms with Gasteiger partial charge in [-0.05, 0) is 24.3 Å². The molecule has 0 aliphatic carbocycles. The van der Waals surface area contributed by atoms with Crippen LogP contribution >= 0.6 is 0 Å². The van der Waals surface area contributed by atoms with Gasteiger partial charge in [0.15, 0.2) is 0 Å². The van der Waals surface area contributed by atoms with Gasteiger partial charge in [-0.2, -0.15) is 5.10 Å². The van der Waals surface area contributed by atoms with Gasteiger partial charge in [-0.3, -0.25) is 9.69 Å². The molecule has 0 saturated carbocycles. The van der Waals surface area contributed by atoms with E-state index in [1.54, 1.807) is 28.9 Å². The largest absolute Gasteiger partial charge is 0.496 e. The number of rotatable bonds is 5. The van der Waals surface area contributed by atoms with Crippen LogP contribution in [0.4, 0.5) is 0 Å². The molecule has 0 saturated heterocycles. The topological polar surface area (TPSA) is 98.3 Å². The van der Waals surface area contributed by atoms with Gasteiger partial charge in [0.05, 0.1) is 25.9 Å².